The second-order valence-corrected chi connectivity index (χ2v) is 5.77. The topological polar surface area (TPSA) is 79.5 Å². The van der Waals surface area contributed by atoms with Gasteiger partial charge < -0.3 is 16.4 Å². The molecule has 0 bridgehead atoms. The Bertz CT molecular complexity index is 457. The van der Waals surface area contributed by atoms with Crippen molar-refractivity contribution < 1.29 is 4.79 Å². The Morgan fingerprint density at radius 1 is 1.35 bits per heavy atom. The van der Waals surface area contributed by atoms with E-state index in [0.717, 1.165) is 10.2 Å². The second kappa shape index (κ2) is 8.58. The fourth-order valence-corrected chi connectivity index (χ4v) is 1.66. The molecule has 0 spiro atoms. The molecule has 1 rings (SSSR count). The fraction of sp³-hybridized carbons (Fsp3) is 0.429. The van der Waals surface area contributed by atoms with Gasteiger partial charge >= 0.3 is 0 Å². The van der Waals surface area contributed by atoms with Crippen LogP contribution in [0, 0.1) is 5.92 Å². The Morgan fingerprint density at radius 2 is 2.00 bits per heavy atom. The fourth-order valence-electron chi connectivity index (χ4n) is 1.40. The van der Waals surface area contributed by atoms with Crippen LogP contribution in [0.1, 0.15) is 20.3 Å². The highest BCUT2D eigenvalue weighted by Crippen LogP contribution is 2.14. The lowest BCUT2D eigenvalue weighted by molar-refractivity contribution is -0.116. The molecule has 0 unspecified atom stereocenters. The maximum absolute atomic E-state index is 11.7. The molecule has 5 nitrogen and oxygen atoms in total. The second-order valence-electron chi connectivity index (χ2n) is 4.85. The van der Waals surface area contributed by atoms with Gasteiger partial charge in [0.15, 0.2) is 5.96 Å². The van der Waals surface area contributed by atoms with E-state index in [9.17, 15) is 4.79 Å². The number of carbonyl (C=O) groups excluding carboxylic acids is 1. The largest absolute Gasteiger partial charge is 0.370 e. The number of guanidine groups is 1. The highest BCUT2D eigenvalue weighted by Gasteiger charge is 2.02. The van der Waals surface area contributed by atoms with Gasteiger partial charge in [0.2, 0.25) is 5.91 Å². The van der Waals surface area contributed by atoms with E-state index in [1.165, 1.54) is 0 Å². The average Bonchev–Trinajstić information content (AvgIpc) is 2.39. The normalized spacial score (nSPS) is 11.5. The first kappa shape index (κ1) is 16.5. The van der Waals surface area contributed by atoms with Crippen LogP contribution in [-0.2, 0) is 4.79 Å². The van der Waals surface area contributed by atoms with Crippen molar-refractivity contribution in [1.29, 1.82) is 0 Å². The zero-order valence-corrected chi connectivity index (χ0v) is 13.4. The number of aliphatic imine (C=N–C) groups is 1. The van der Waals surface area contributed by atoms with Crippen molar-refractivity contribution in [1.82, 2.24) is 5.32 Å². The summed E-state index contributed by atoms with van der Waals surface area (Å²) in [6.07, 6.45) is 0.341. The van der Waals surface area contributed by atoms with Crippen LogP contribution in [0.2, 0.25) is 0 Å². The molecule has 0 saturated carbocycles. The van der Waals surface area contributed by atoms with Gasteiger partial charge in [-0.05, 0) is 30.2 Å². The Morgan fingerprint density at radius 3 is 2.60 bits per heavy atom. The molecule has 0 aliphatic heterocycles. The van der Waals surface area contributed by atoms with Gasteiger partial charge in [-0.15, -0.1) is 0 Å². The van der Waals surface area contributed by atoms with Crippen LogP contribution in [0.25, 0.3) is 0 Å². The number of carbonyl (C=O) groups is 1. The minimum Gasteiger partial charge on any atom is -0.370 e. The van der Waals surface area contributed by atoms with E-state index in [1.54, 1.807) is 0 Å². The maximum Gasteiger partial charge on any atom is 0.226 e. The van der Waals surface area contributed by atoms with Crippen LogP contribution in [0.4, 0.5) is 5.69 Å². The lowest BCUT2D eigenvalue weighted by Gasteiger charge is -2.07. The van der Waals surface area contributed by atoms with Crippen LogP contribution in [0.15, 0.2) is 33.7 Å². The summed E-state index contributed by atoms with van der Waals surface area (Å²) in [5.41, 5.74) is 6.46. The third kappa shape index (κ3) is 7.13. The maximum atomic E-state index is 11.7. The van der Waals surface area contributed by atoms with E-state index in [2.05, 4.69) is 45.4 Å². The number of anilines is 1. The Kier molecular flexibility index (Phi) is 7.08. The molecule has 1 aromatic rings. The molecule has 0 atom stereocenters. The molecule has 20 heavy (non-hydrogen) atoms. The molecule has 1 aromatic carbocycles. The summed E-state index contributed by atoms with van der Waals surface area (Å²) in [6, 6.07) is 7.44. The van der Waals surface area contributed by atoms with E-state index >= 15 is 0 Å². The lowest BCUT2D eigenvalue weighted by Crippen LogP contribution is -2.34. The van der Waals surface area contributed by atoms with E-state index in [4.69, 9.17) is 5.73 Å². The Labute approximate surface area is 128 Å². The van der Waals surface area contributed by atoms with Crippen molar-refractivity contribution in [2.45, 2.75) is 20.3 Å². The van der Waals surface area contributed by atoms with E-state index in [0.29, 0.717) is 31.4 Å². The van der Waals surface area contributed by atoms with Gasteiger partial charge in [0.1, 0.15) is 0 Å². The van der Waals surface area contributed by atoms with Crippen molar-refractivity contribution in [3.63, 3.8) is 0 Å². The van der Waals surface area contributed by atoms with E-state index in [1.807, 2.05) is 24.3 Å². The minimum atomic E-state index is -0.0588. The predicted octanol–water partition coefficient (Wildman–Crippen LogP) is 2.34. The third-order valence-electron chi connectivity index (χ3n) is 2.41. The van der Waals surface area contributed by atoms with E-state index in [-0.39, 0.29) is 5.91 Å². The first-order valence-corrected chi connectivity index (χ1v) is 7.36. The van der Waals surface area contributed by atoms with Crippen molar-refractivity contribution in [2.24, 2.45) is 16.6 Å². The van der Waals surface area contributed by atoms with E-state index < -0.39 is 0 Å². The Balaban J connectivity index is 2.26. The molecule has 0 radical (unpaired) electrons. The van der Waals surface area contributed by atoms with Crippen LogP contribution in [0.5, 0.6) is 0 Å². The number of benzene rings is 1. The summed E-state index contributed by atoms with van der Waals surface area (Å²) in [5.74, 6) is 0.794. The average molecular weight is 341 g/mol. The zero-order valence-electron chi connectivity index (χ0n) is 11.8. The number of hydrogen-bond acceptors (Lipinski definition) is 2. The highest BCUT2D eigenvalue weighted by molar-refractivity contribution is 9.10. The molecule has 1 amide bonds. The molecule has 0 fully saturated rings. The molecule has 0 heterocycles. The summed E-state index contributed by atoms with van der Waals surface area (Å²) in [7, 11) is 0. The zero-order chi connectivity index (χ0) is 15.0. The summed E-state index contributed by atoms with van der Waals surface area (Å²) in [5, 5.41) is 5.74. The Hall–Kier alpha value is -1.56. The number of nitrogens with two attached hydrogens (primary N) is 1. The molecule has 0 aliphatic carbocycles. The molecule has 4 N–H and O–H groups in total. The highest BCUT2D eigenvalue weighted by atomic mass is 79.9. The number of rotatable bonds is 6. The van der Waals surface area contributed by atoms with Crippen LogP contribution < -0.4 is 16.4 Å². The number of nitrogens with one attached hydrogen (secondary N) is 2. The summed E-state index contributed by atoms with van der Waals surface area (Å²) < 4.78 is 0.978. The predicted molar refractivity (Wildman–Crippen MR) is 86.7 cm³/mol. The van der Waals surface area contributed by atoms with Crippen LogP contribution in [-0.4, -0.2) is 25.0 Å². The summed E-state index contributed by atoms with van der Waals surface area (Å²) in [6.45, 7) is 5.30. The lowest BCUT2D eigenvalue weighted by atomic mass is 10.2. The number of amides is 1. The van der Waals surface area contributed by atoms with Gasteiger partial charge in [-0.3, -0.25) is 9.79 Å². The molecular formula is C14H21BrN4O. The van der Waals surface area contributed by atoms with Gasteiger partial charge in [-0.25, -0.2) is 0 Å². The molecular weight excluding hydrogens is 320 g/mol. The number of nitrogens with zero attached hydrogens (tertiary/aromatic N) is 1. The third-order valence-corrected chi connectivity index (χ3v) is 2.94. The molecule has 0 saturated heterocycles. The van der Waals surface area contributed by atoms with Gasteiger partial charge in [0.05, 0.1) is 0 Å². The quantitative estimate of drug-likeness (QED) is 0.549. The van der Waals surface area contributed by atoms with Crippen LogP contribution >= 0.6 is 15.9 Å². The summed E-state index contributed by atoms with van der Waals surface area (Å²) >= 11 is 3.34. The van der Waals surface area contributed by atoms with Crippen molar-refractivity contribution in [3.05, 3.63) is 28.7 Å². The smallest absolute Gasteiger partial charge is 0.226 e. The monoisotopic (exact) mass is 340 g/mol. The molecule has 6 heteroatoms. The first-order valence-electron chi connectivity index (χ1n) is 6.56. The van der Waals surface area contributed by atoms with Gasteiger partial charge in [-0.2, -0.15) is 0 Å². The molecule has 110 valence electrons. The SMILES string of the molecule is CC(C)CN=C(N)NCCC(=O)Nc1ccc(Br)cc1. The molecule has 0 aliphatic rings. The van der Waals surface area contributed by atoms with Crippen molar-refractivity contribution in [2.75, 3.05) is 18.4 Å². The number of halogens is 1. The van der Waals surface area contributed by atoms with Gasteiger partial charge in [0.25, 0.3) is 0 Å². The van der Waals surface area contributed by atoms with Crippen molar-refractivity contribution in [3.8, 4) is 0 Å². The van der Waals surface area contributed by atoms with Gasteiger partial charge in [0, 0.05) is 29.7 Å². The number of hydrogen-bond donors (Lipinski definition) is 3. The van der Waals surface area contributed by atoms with Gasteiger partial charge in [-0.1, -0.05) is 29.8 Å². The van der Waals surface area contributed by atoms with Crippen LogP contribution in [0.3, 0.4) is 0 Å². The van der Waals surface area contributed by atoms with Crippen molar-refractivity contribution >= 4 is 33.5 Å². The standard InChI is InChI=1S/C14H21BrN4O/c1-10(2)9-18-14(16)17-8-7-13(20)19-12-5-3-11(15)4-6-12/h3-6,10H,7-9H2,1-2H3,(H,19,20)(H3,16,17,18). The minimum absolute atomic E-state index is 0.0588. The molecule has 0 aromatic heterocycles. The first-order chi connectivity index (χ1) is 9.47. The summed E-state index contributed by atoms with van der Waals surface area (Å²) in [4.78, 5) is 15.9.